The first-order valence-corrected chi connectivity index (χ1v) is 7.76. The monoisotopic (exact) mass is 337 g/mol. The summed E-state index contributed by atoms with van der Waals surface area (Å²) in [5.74, 6) is 1.77. The van der Waals surface area contributed by atoms with E-state index in [9.17, 15) is 4.79 Å². The maximum atomic E-state index is 12.0. The number of hydrogen-bond donors (Lipinski definition) is 2. The van der Waals surface area contributed by atoms with Crippen LogP contribution in [-0.4, -0.2) is 24.2 Å². The maximum absolute atomic E-state index is 12.0. The zero-order chi connectivity index (χ0) is 17.8. The largest absolute Gasteiger partial charge is 0.497 e. The molecule has 0 aliphatic heterocycles. The van der Waals surface area contributed by atoms with E-state index in [0.717, 1.165) is 22.6 Å². The lowest BCUT2D eigenvalue weighted by molar-refractivity contribution is 0.415. The van der Waals surface area contributed by atoms with Crippen LogP contribution in [0.5, 0.6) is 11.5 Å². The van der Waals surface area contributed by atoms with Crippen molar-refractivity contribution in [1.82, 2.24) is 9.97 Å². The van der Waals surface area contributed by atoms with E-state index < -0.39 is 0 Å². The fraction of sp³-hybridized carbons (Fsp3) is 0.158. The summed E-state index contributed by atoms with van der Waals surface area (Å²) >= 11 is 0. The van der Waals surface area contributed by atoms with Crippen LogP contribution in [0.4, 0.5) is 11.6 Å². The quantitative estimate of drug-likeness (QED) is 0.745. The summed E-state index contributed by atoms with van der Waals surface area (Å²) in [7, 11) is 3.21. The van der Waals surface area contributed by atoms with Crippen LogP contribution in [0.3, 0.4) is 0 Å². The van der Waals surface area contributed by atoms with Crippen molar-refractivity contribution in [2.75, 3.05) is 19.5 Å². The Morgan fingerprint density at radius 1 is 1.00 bits per heavy atom. The Morgan fingerprint density at radius 3 is 2.44 bits per heavy atom. The number of benzene rings is 2. The van der Waals surface area contributed by atoms with Gasteiger partial charge in [-0.05, 0) is 48.9 Å². The van der Waals surface area contributed by atoms with Crippen molar-refractivity contribution in [3.05, 3.63) is 64.4 Å². The van der Waals surface area contributed by atoms with E-state index in [1.54, 1.807) is 14.2 Å². The standard InChI is InChI=1S/C19H19N3O3/c1-12-4-9-17(25-3)16(10-12)21-19-20-15(11-18(23)22-19)13-5-7-14(24-2)8-6-13/h4-11H,1-3H3,(H2,20,21,22,23). The molecule has 1 aromatic heterocycles. The maximum Gasteiger partial charge on any atom is 0.252 e. The van der Waals surface area contributed by atoms with Crippen molar-refractivity contribution in [1.29, 1.82) is 0 Å². The summed E-state index contributed by atoms with van der Waals surface area (Å²) in [4.78, 5) is 19.2. The predicted octanol–water partition coefficient (Wildman–Crippen LogP) is 3.51. The van der Waals surface area contributed by atoms with Crippen molar-refractivity contribution >= 4 is 11.6 Å². The Balaban J connectivity index is 1.97. The second-order valence-corrected chi connectivity index (χ2v) is 5.54. The number of H-pyrrole nitrogens is 1. The molecule has 0 unspecified atom stereocenters. The second-order valence-electron chi connectivity index (χ2n) is 5.54. The molecule has 6 nitrogen and oxygen atoms in total. The molecule has 0 atom stereocenters. The third-order valence-corrected chi connectivity index (χ3v) is 3.74. The number of hydrogen-bond acceptors (Lipinski definition) is 5. The SMILES string of the molecule is COc1ccc(-c2cc(=O)[nH]c(Nc3cc(C)ccc3OC)n2)cc1. The van der Waals surface area contributed by atoms with Crippen LogP contribution in [0.15, 0.2) is 53.3 Å². The van der Waals surface area contributed by atoms with E-state index in [1.165, 1.54) is 6.07 Å². The molecule has 0 saturated carbocycles. The minimum atomic E-state index is -0.241. The number of nitrogens with one attached hydrogen (secondary N) is 2. The average molecular weight is 337 g/mol. The van der Waals surface area contributed by atoms with Gasteiger partial charge in [0.15, 0.2) is 0 Å². The van der Waals surface area contributed by atoms with E-state index in [-0.39, 0.29) is 5.56 Å². The number of ether oxygens (including phenoxy) is 2. The number of aryl methyl sites for hydroxylation is 1. The summed E-state index contributed by atoms with van der Waals surface area (Å²) in [6.45, 7) is 1.98. The number of aromatic nitrogens is 2. The molecule has 0 aliphatic carbocycles. The van der Waals surface area contributed by atoms with Gasteiger partial charge in [0.05, 0.1) is 25.6 Å². The molecule has 1 heterocycles. The summed E-state index contributed by atoms with van der Waals surface area (Å²) in [5.41, 5.74) is 2.95. The minimum Gasteiger partial charge on any atom is -0.497 e. The fourth-order valence-electron chi connectivity index (χ4n) is 2.47. The van der Waals surface area contributed by atoms with Gasteiger partial charge < -0.3 is 14.8 Å². The van der Waals surface area contributed by atoms with Gasteiger partial charge in [-0.25, -0.2) is 4.98 Å². The molecule has 128 valence electrons. The molecule has 0 fully saturated rings. The van der Waals surface area contributed by atoms with Gasteiger partial charge >= 0.3 is 0 Å². The van der Waals surface area contributed by atoms with Crippen LogP contribution in [-0.2, 0) is 0 Å². The highest BCUT2D eigenvalue weighted by Gasteiger charge is 2.08. The Morgan fingerprint density at radius 2 is 1.76 bits per heavy atom. The Hall–Kier alpha value is -3.28. The molecule has 6 heteroatoms. The molecular weight excluding hydrogens is 318 g/mol. The molecule has 0 aliphatic rings. The Labute approximate surface area is 145 Å². The highest BCUT2D eigenvalue weighted by atomic mass is 16.5. The molecule has 3 aromatic rings. The molecule has 2 aromatic carbocycles. The first-order valence-electron chi connectivity index (χ1n) is 7.76. The van der Waals surface area contributed by atoms with E-state index in [4.69, 9.17) is 9.47 Å². The third-order valence-electron chi connectivity index (χ3n) is 3.74. The van der Waals surface area contributed by atoms with Crippen LogP contribution >= 0.6 is 0 Å². The zero-order valence-corrected chi connectivity index (χ0v) is 14.3. The number of nitrogens with zero attached hydrogens (tertiary/aromatic N) is 1. The molecule has 0 spiro atoms. The third kappa shape index (κ3) is 3.80. The number of anilines is 2. The fourth-order valence-corrected chi connectivity index (χ4v) is 2.47. The highest BCUT2D eigenvalue weighted by molar-refractivity contribution is 5.66. The molecule has 0 radical (unpaired) electrons. The molecule has 0 amide bonds. The van der Waals surface area contributed by atoms with Gasteiger partial charge in [-0.15, -0.1) is 0 Å². The number of aromatic amines is 1. The first kappa shape index (κ1) is 16.6. The van der Waals surface area contributed by atoms with Gasteiger partial charge in [-0.1, -0.05) is 6.07 Å². The summed E-state index contributed by atoms with van der Waals surface area (Å²) in [6, 6.07) is 14.6. The van der Waals surface area contributed by atoms with Crippen molar-refractivity contribution in [2.24, 2.45) is 0 Å². The van der Waals surface area contributed by atoms with Crippen molar-refractivity contribution in [3.8, 4) is 22.8 Å². The molecular formula is C19H19N3O3. The summed E-state index contributed by atoms with van der Waals surface area (Å²) in [5, 5.41) is 3.12. The van der Waals surface area contributed by atoms with Crippen LogP contribution in [0, 0.1) is 6.92 Å². The van der Waals surface area contributed by atoms with Gasteiger partial charge in [-0.3, -0.25) is 9.78 Å². The van der Waals surface area contributed by atoms with E-state index in [2.05, 4.69) is 15.3 Å². The van der Waals surface area contributed by atoms with E-state index >= 15 is 0 Å². The number of rotatable bonds is 5. The molecule has 25 heavy (non-hydrogen) atoms. The summed E-state index contributed by atoms with van der Waals surface area (Å²) < 4.78 is 10.5. The lowest BCUT2D eigenvalue weighted by Gasteiger charge is -2.12. The molecule has 3 rings (SSSR count). The second kappa shape index (κ2) is 7.09. The van der Waals surface area contributed by atoms with Gasteiger partial charge in [-0.2, -0.15) is 0 Å². The van der Waals surface area contributed by atoms with Crippen molar-refractivity contribution in [2.45, 2.75) is 6.92 Å². The highest BCUT2D eigenvalue weighted by Crippen LogP contribution is 2.28. The van der Waals surface area contributed by atoms with Gasteiger partial charge in [0.25, 0.3) is 5.56 Å². The molecule has 2 N–H and O–H groups in total. The van der Waals surface area contributed by atoms with Crippen molar-refractivity contribution < 1.29 is 9.47 Å². The normalized spacial score (nSPS) is 10.4. The Kier molecular flexibility index (Phi) is 4.70. The van der Waals surface area contributed by atoms with Crippen LogP contribution in [0.2, 0.25) is 0 Å². The Bertz CT molecular complexity index is 933. The molecule has 0 bridgehead atoms. The topological polar surface area (TPSA) is 76.2 Å². The zero-order valence-electron chi connectivity index (χ0n) is 14.3. The smallest absolute Gasteiger partial charge is 0.252 e. The van der Waals surface area contributed by atoms with Crippen LogP contribution < -0.4 is 20.3 Å². The number of methoxy groups -OCH3 is 2. The molecule has 0 saturated heterocycles. The van der Waals surface area contributed by atoms with E-state index in [1.807, 2.05) is 49.4 Å². The minimum absolute atomic E-state index is 0.241. The van der Waals surface area contributed by atoms with E-state index in [0.29, 0.717) is 17.4 Å². The van der Waals surface area contributed by atoms with Gasteiger partial charge in [0.2, 0.25) is 5.95 Å². The average Bonchev–Trinajstić information content (AvgIpc) is 2.61. The van der Waals surface area contributed by atoms with Crippen LogP contribution in [0.25, 0.3) is 11.3 Å². The first-order chi connectivity index (χ1) is 12.1. The lowest BCUT2D eigenvalue weighted by Crippen LogP contribution is -2.11. The van der Waals surface area contributed by atoms with Gasteiger partial charge in [0.1, 0.15) is 11.5 Å². The summed E-state index contributed by atoms with van der Waals surface area (Å²) in [6.07, 6.45) is 0. The van der Waals surface area contributed by atoms with Crippen LogP contribution in [0.1, 0.15) is 5.56 Å². The predicted molar refractivity (Wildman–Crippen MR) is 97.9 cm³/mol. The van der Waals surface area contributed by atoms with Crippen molar-refractivity contribution in [3.63, 3.8) is 0 Å². The lowest BCUT2D eigenvalue weighted by atomic mass is 10.1. The van der Waals surface area contributed by atoms with Gasteiger partial charge in [0, 0.05) is 11.6 Å².